The molecule has 33 heavy (non-hydrogen) atoms. The van der Waals surface area contributed by atoms with Gasteiger partial charge < -0.3 is 15.4 Å². The van der Waals surface area contributed by atoms with Crippen LogP contribution in [0.3, 0.4) is 0 Å². The Morgan fingerprint density at radius 3 is 2.73 bits per heavy atom. The lowest BCUT2D eigenvalue weighted by molar-refractivity contribution is 0.0770. The quantitative estimate of drug-likeness (QED) is 0.546. The van der Waals surface area contributed by atoms with Crippen LogP contribution in [0.4, 0.5) is 20.4 Å². The molecular formula is C23H28F2N6O2. The van der Waals surface area contributed by atoms with E-state index >= 15 is 0 Å². The molecule has 0 saturated heterocycles. The molecule has 1 aliphatic rings. The number of halogens is 2. The van der Waals surface area contributed by atoms with E-state index < -0.39 is 18.9 Å². The number of nitrogens with zero attached hydrogens (tertiary/aromatic N) is 4. The number of imidazole rings is 1. The van der Waals surface area contributed by atoms with E-state index in [1.165, 1.54) is 0 Å². The van der Waals surface area contributed by atoms with Gasteiger partial charge in [-0.25, -0.2) is 13.8 Å². The number of carbonyl (C=O) groups excluding carboxylic acids is 1. The van der Waals surface area contributed by atoms with Crippen LogP contribution < -0.4 is 15.4 Å². The number of fused-ring (bicyclic) bond motifs is 1. The van der Waals surface area contributed by atoms with Gasteiger partial charge in [0.1, 0.15) is 11.1 Å². The van der Waals surface area contributed by atoms with Crippen molar-refractivity contribution in [3.8, 4) is 5.88 Å². The Kier molecular flexibility index (Phi) is 6.71. The Labute approximate surface area is 190 Å². The van der Waals surface area contributed by atoms with E-state index in [1.807, 2.05) is 13.0 Å². The summed E-state index contributed by atoms with van der Waals surface area (Å²) in [5.74, 6) is 0.601. The maximum Gasteiger partial charge on any atom is 0.272 e. The van der Waals surface area contributed by atoms with Gasteiger partial charge in [-0.05, 0) is 56.2 Å². The molecule has 3 aromatic heterocycles. The van der Waals surface area contributed by atoms with Crippen LogP contribution in [0.5, 0.6) is 5.88 Å². The van der Waals surface area contributed by atoms with E-state index in [4.69, 9.17) is 4.74 Å². The normalized spacial score (nSPS) is 18.5. The van der Waals surface area contributed by atoms with E-state index in [1.54, 1.807) is 30.1 Å². The van der Waals surface area contributed by atoms with Crippen molar-refractivity contribution in [1.82, 2.24) is 24.8 Å². The average Bonchev–Trinajstić information content (AvgIpc) is 3.09. The number of pyridine rings is 2. The predicted molar refractivity (Wildman–Crippen MR) is 121 cm³/mol. The fraction of sp³-hybridized carbons (Fsp3) is 0.478. The topological polar surface area (TPSA) is 94.0 Å². The molecule has 1 saturated carbocycles. The second-order valence-electron chi connectivity index (χ2n) is 8.63. The zero-order chi connectivity index (χ0) is 23.5. The third kappa shape index (κ3) is 5.20. The van der Waals surface area contributed by atoms with Crippen molar-refractivity contribution in [3.63, 3.8) is 0 Å². The first-order valence-electron chi connectivity index (χ1n) is 11.1. The number of hydrogen-bond donors (Lipinski definition) is 2. The van der Waals surface area contributed by atoms with Gasteiger partial charge in [0.05, 0.1) is 11.9 Å². The maximum atomic E-state index is 13.1. The molecule has 0 aromatic carbocycles. The summed E-state index contributed by atoms with van der Waals surface area (Å²) in [6.07, 6.45) is 4.55. The van der Waals surface area contributed by atoms with E-state index in [-0.39, 0.29) is 17.5 Å². The van der Waals surface area contributed by atoms with Crippen LogP contribution in [0.15, 0.2) is 24.5 Å². The number of amides is 1. The van der Waals surface area contributed by atoms with Crippen LogP contribution in [0, 0.1) is 12.8 Å². The molecule has 2 N–H and O–H groups in total. The Hall–Kier alpha value is -3.30. The van der Waals surface area contributed by atoms with Crippen LogP contribution in [-0.4, -0.2) is 44.5 Å². The van der Waals surface area contributed by atoms with Gasteiger partial charge in [0, 0.05) is 19.3 Å². The SMILES string of the molecule is Cc1ccncc1Nc1nc2cc(C(=O)N[C@H]3CC[C@H](C)CC3)c(OCC(F)F)nc2n1C. The molecule has 3 heterocycles. The monoisotopic (exact) mass is 458 g/mol. The first kappa shape index (κ1) is 22.9. The summed E-state index contributed by atoms with van der Waals surface area (Å²) in [4.78, 5) is 26.1. The van der Waals surface area contributed by atoms with E-state index in [0.717, 1.165) is 36.9 Å². The molecule has 176 valence electrons. The van der Waals surface area contributed by atoms with Gasteiger partial charge in [-0.15, -0.1) is 0 Å². The minimum Gasteiger partial charge on any atom is -0.471 e. The smallest absolute Gasteiger partial charge is 0.272 e. The summed E-state index contributed by atoms with van der Waals surface area (Å²) in [6.45, 7) is 3.29. The average molecular weight is 459 g/mol. The van der Waals surface area contributed by atoms with Gasteiger partial charge in [-0.1, -0.05) is 6.92 Å². The molecule has 0 aliphatic heterocycles. The molecular weight excluding hydrogens is 430 g/mol. The molecule has 0 radical (unpaired) electrons. The number of nitrogens with one attached hydrogen (secondary N) is 2. The van der Waals surface area contributed by atoms with Crippen molar-refractivity contribution >= 4 is 28.7 Å². The molecule has 4 rings (SSSR count). The standard InChI is InChI=1S/C23H28F2N6O2/c1-13-4-6-15(7-5-13)27-21(32)16-10-17-20(30-22(16)33-12-19(24)25)31(3)23(28-17)29-18-11-26-9-8-14(18)2/h8-11,13,15,19H,4-7,12H2,1-3H3,(H,27,32)(H,28,29)/t13-,15-. The van der Waals surface area contributed by atoms with Crippen LogP contribution in [-0.2, 0) is 7.05 Å². The van der Waals surface area contributed by atoms with Gasteiger partial charge in [0.15, 0.2) is 12.3 Å². The molecule has 0 spiro atoms. The van der Waals surface area contributed by atoms with Gasteiger partial charge in [0.25, 0.3) is 12.3 Å². The summed E-state index contributed by atoms with van der Waals surface area (Å²) < 4.78 is 32.6. The molecule has 8 nitrogen and oxygen atoms in total. The highest BCUT2D eigenvalue weighted by molar-refractivity contribution is 5.99. The molecule has 0 unspecified atom stereocenters. The van der Waals surface area contributed by atoms with Gasteiger partial charge in [-0.2, -0.15) is 4.98 Å². The van der Waals surface area contributed by atoms with E-state index in [2.05, 4.69) is 32.5 Å². The zero-order valence-corrected chi connectivity index (χ0v) is 18.9. The molecule has 3 aromatic rings. The summed E-state index contributed by atoms with van der Waals surface area (Å²) >= 11 is 0. The number of aryl methyl sites for hydroxylation is 2. The van der Waals surface area contributed by atoms with Crippen molar-refractivity contribution in [2.45, 2.75) is 52.0 Å². The summed E-state index contributed by atoms with van der Waals surface area (Å²) in [7, 11) is 1.75. The van der Waals surface area contributed by atoms with Crippen molar-refractivity contribution in [2.24, 2.45) is 13.0 Å². The lowest BCUT2D eigenvalue weighted by atomic mass is 9.87. The summed E-state index contributed by atoms with van der Waals surface area (Å²) in [5.41, 5.74) is 2.71. The lowest BCUT2D eigenvalue weighted by Crippen LogP contribution is -2.37. The van der Waals surface area contributed by atoms with E-state index in [9.17, 15) is 13.6 Å². The third-order valence-corrected chi connectivity index (χ3v) is 6.04. The highest BCUT2D eigenvalue weighted by Crippen LogP contribution is 2.28. The van der Waals surface area contributed by atoms with Crippen LogP contribution >= 0.6 is 0 Å². The Morgan fingerprint density at radius 2 is 2.03 bits per heavy atom. The van der Waals surface area contributed by atoms with Crippen molar-refractivity contribution in [1.29, 1.82) is 0 Å². The fourth-order valence-corrected chi connectivity index (χ4v) is 4.00. The van der Waals surface area contributed by atoms with Crippen LogP contribution in [0.25, 0.3) is 11.2 Å². The number of alkyl halides is 2. The molecule has 1 aliphatic carbocycles. The zero-order valence-electron chi connectivity index (χ0n) is 18.9. The van der Waals surface area contributed by atoms with Crippen molar-refractivity contribution in [3.05, 3.63) is 35.7 Å². The number of hydrogen-bond acceptors (Lipinski definition) is 6. The van der Waals surface area contributed by atoms with Gasteiger partial charge in [-0.3, -0.25) is 14.3 Å². The number of aromatic nitrogens is 4. The highest BCUT2D eigenvalue weighted by atomic mass is 19.3. The predicted octanol–water partition coefficient (Wildman–Crippen LogP) is 4.37. The van der Waals surface area contributed by atoms with Crippen LogP contribution in [0.1, 0.15) is 48.5 Å². The number of anilines is 2. The minimum atomic E-state index is -2.68. The number of rotatable bonds is 7. The molecule has 10 heteroatoms. The van der Waals surface area contributed by atoms with Crippen LogP contribution in [0.2, 0.25) is 0 Å². The lowest BCUT2D eigenvalue weighted by Gasteiger charge is -2.27. The number of carbonyl (C=O) groups is 1. The van der Waals surface area contributed by atoms with Crippen molar-refractivity contribution < 1.29 is 18.3 Å². The molecule has 1 fully saturated rings. The fourth-order valence-electron chi connectivity index (χ4n) is 4.00. The van der Waals surface area contributed by atoms with E-state index in [0.29, 0.717) is 23.0 Å². The molecule has 0 atom stereocenters. The first-order chi connectivity index (χ1) is 15.8. The Bertz CT molecular complexity index is 1140. The Morgan fingerprint density at radius 1 is 1.27 bits per heavy atom. The second kappa shape index (κ2) is 9.68. The number of ether oxygens (including phenoxy) is 1. The van der Waals surface area contributed by atoms with Gasteiger partial charge >= 0.3 is 0 Å². The molecule has 0 bridgehead atoms. The second-order valence-corrected chi connectivity index (χ2v) is 8.63. The summed E-state index contributed by atoms with van der Waals surface area (Å²) in [5, 5.41) is 6.22. The minimum absolute atomic E-state index is 0.0434. The maximum absolute atomic E-state index is 13.1. The van der Waals surface area contributed by atoms with Gasteiger partial charge in [0.2, 0.25) is 11.8 Å². The molecule has 1 amide bonds. The Balaban J connectivity index is 1.66. The van der Waals surface area contributed by atoms with Crippen molar-refractivity contribution in [2.75, 3.05) is 11.9 Å². The first-order valence-corrected chi connectivity index (χ1v) is 11.1. The summed E-state index contributed by atoms with van der Waals surface area (Å²) in [6, 6.07) is 3.46. The largest absolute Gasteiger partial charge is 0.471 e. The highest BCUT2D eigenvalue weighted by Gasteiger charge is 2.25. The third-order valence-electron chi connectivity index (χ3n) is 6.04.